The van der Waals surface area contributed by atoms with Crippen LogP contribution in [-0.4, -0.2) is 23.1 Å². The quantitative estimate of drug-likeness (QED) is 0.845. The number of anilines is 1. The van der Waals surface area contributed by atoms with Crippen molar-refractivity contribution in [2.75, 3.05) is 11.9 Å². The van der Waals surface area contributed by atoms with Crippen LogP contribution in [0.15, 0.2) is 47.1 Å². The molecule has 2 aromatic rings. The summed E-state index contributed by atoms with van der Waals surface area (Å²) in [5.41, 5.74) is 2.17. The van der Waals surface area contributed by atoms with Gasteiger partial charge in [0, 0.05) is 36.2 Å². The summed E-state index contributed by atoms with van der Waals surface area (Å²) in [5.74, 6) is 0.0865. The van der Waals surface area contributed by atoms with Crippen molar-refractivity contribution in [1.29, 1.82) is 0 Å². The first-order chi connectivity index (χ1) is 11.1. The van der Waals surface area contributed by atoms with Gasteiger partial charge in [0.2, 0.25) is 0 Å². The highest BCUT2D eigenvalue weighted by molar-refractivity contribution is 9.10. The summed E-state index contributed by atoms with van der Waals surface area (Å²) in [5, 5.41) is 3.04. The number of nitrogens with one attached hydrogen (secondary N) is 2. The average molecular weight is 377 g/mol. The predicted molar refractivity (Wildman–Crippen MR) is 95.5 cm³/mol. The van der Waals surface area contributed by atoms with Crippen LogP contribution in [0.3, 0.4) is 0 Å². The van der Waals surface area contributed by atoms with E-state index in [0.29, 0.717) is 6.04 Å². The molecule has 1 aliphatic rings. The second kappa shape index (κ2) is 6.89. The van der Waals surface area contributed by atoms with Crippen LogP contribution in [-0.2, 0) is 11.8 Å². The van der Waals surface area contributed by atoms with Crippen LogP contribution in [0.2, 0.25) is 0 Å². The maximum Gasteiger partial charge on any atom is 0.282 e. The number of aromatic nitrogens is 1. The molecule has 122 valence electrons. The normalized spacial score (nSPS) is 22.0. The van der Waals surface area contributed by atoms with Gasteiger partial charge < -0.3 is 14.8 Å². The monoisotopic (exact) mass is 376 g/mol. The molecule has 2 N–H and O–H groups in total. The van der Waals surface area contributed by atoms with Crippen molar-refractivity contribution in [3.63, 3.8) is 0 Å². The Bertz CT molecular complexity index is 680. The molecule has 4 nitrogen and oxygen atoms in total. The van der Waals surface area contributed by atoms with Crippen molar-refractivity contribution in [2.24, 2.45) is 7.05 Å². The molecule has 1 aromatic heterocycles. The molecule has 2 heterocycles. The van der Waals surface area contributed by atoms with Crippen LogP contribution in [0.5, 0.6) is 0 Å². The SMILES string of the molecule is C[C@H](C(=O)Nc1ccc(Br)cc1)[NH+]1CCC[C@@H]1c1cccn1C. The van der Waals surface area contributed by atoms with Gasteiger partial charge in [-0.05, 0) is 43.3 Å². The Morgan fingerprint density at radius 2 is 2.09 bits per heavy atom. The fraction of sp³-hybridized carbons (Fsp3) is 0.389. The van der Waals surface area contributed by atoms with Crippen LogP contribution in [0, 0.1) is 0 Å². The van der Waals surface area contributed by atoms with E-state index in [0.717, 1.165) is 23.1 Å². The second-order valence-corrected chi connectivity index (χ2v) is 7.20. The van der Waals surface area contributed by atoms with Gasteiger partial charge in [-0.25, -0.2) is 0 Å². The molecule has 1 saturated heterocycles. The highest BCUT2D eigenvalue weighted by Crippen LogP contribution is 2.20. The molecule has 3 atom stereocenters. The van der Waals surface area contributed by atoms with E-state index in [4.69, 9.17) is 0 Å². The minimum Gasteiger partial charge on any atom is -0.350 e. The van der Waals surface area contributed by atoms with E-state index in [1.807, 2.05) is 31.2 Å². The summed E-state index contributed by atoms with van der Waals surface area (Å²) in [6.07, 6.45) is 4.39. The Morgan fingerprint density at radius 1 is 1.35 bits per heavy atom. The van der Waals surface area contributed by atoms with E-state index < -0.39 is 0 Å². The van der Waals surface area contributed by atoms with Crippen molar-refractivity contribution in [2.45, 2.75) is 31.8 Å². The molecular weight excluding hydrogens is 354 g/mol. The first-order valence-corrected chi connectivity index (χ1v) is 8.89. The third kappa shape index (κ3) is 3.51. The zero-order valence-electron chi connectivity index (χ0n) is 13.6. The Kier molecular flexibility index (Phi) is 4.87. The molecule has 23 heavy (non-hydrogen) atoms. The number of benzene rings is 1. The minimum atomic E-state index is -0.0685. The lowest BCUT2D eigenvalue weighted by molar-refractivity contribution is -0.932. The fourth-order valence-corrected chi connectivity index (χ4v) is 3.78. The molecule has 1 aliphatic heterocycles. The fourth-order valence-electron chi connectivity index (χ4n) is 3.51. The van der Waals surface area contributed by atoms with Crippen molar-refractivity contribution in [3.05, 3.63) is 52.8 Å². The molecule has 1 amide bonds. The first kappa shape index (κ1) is 16.3. The van der Waals surface area contributed by atoms with Gasteiger partial charge in [0.1, 0.15) is 6.04 Å². The van der Waals surface area contributed by atoms with Crippen LogP contribution in [0.25, 0.3) is 0 Å². The van der Waals surface area contributed by atoms with Gasteiger partial charge >= 0.3 is 0 Å². The Hall–Kier alpha value is -1.59. The third-order valence-electron chi connectivity index (χ3n) is 4.81. The van der Waals surface area contributed by atoms with Crippen molar-refractivity contribution in [1.82, 2.24) is 4.57 Å². The van der Waals surface area contributed by atoms with Gasteiger partial charge in [-0.1, -0.05) is 15.9 Å². The molecule has 0 saturated carbocycles. The average Bonchev–Trinajstić information content (AvgIpc) is 3.17. The predicted octanol–water partition coefficient (Wildman–Crippen LogP) is 2.53. The molecule has 1 unspecified atom stereocenters. The van der Waals surface area contributed by atoms with Gasteiger partial charge in [0.05, 0.1) is 12.2 Å². The largest absolute Gasteiger partial charge is 0.350 e. The van der Waals surface area contributed by atoms with E-state index in [-0.39, 0.29) is 11.9 Å². The van der Waals surface area contributed by atoms with Crippen molar-refractivity contribution < 1.29 is 9.69 Å². The maximum absolute atomic E-state index is 12.6. The standard InChI is InChI=1S/C18H22BrN3O/c1-13(18(23)20-15-9-7-14(19)8-10-15)22-12-4-6-17(22)16-5-3-11-21(16)2/h3,5,7-11,13,17H,4,6,12H2,1-2H3,(H,20,23)/p+1/t13-,17-/m1/s1. The summed E-state index contributed by atoms with van der Waals surface area (Å²) in [7, 11) is 2.08. The minimum absolute atomic E-state index is 0.0685. The molecule has 1 fully saturated rings. The Balaban J connectivity index is 1.71. The number of carbonyl (C=O) groups is 1. The number of likely N-dealkylation sites (tertiary alicyclic amines) is 1. The number of quaternary nitrogens is 1. The Labute approximate surface area is 145 Å². The van der Waals surface area contributed by atoms with Crippen LogP contribution in [0.1, 0.15) is 31.5 Å². The van der Waals surface area contributed by atoms with Gasteiger partial charge in [-0.3, -0.25) is 4.79 Å². The molecule has 0 bridgehead atoms. The van der Waals surface area contributed by atoms with Gasteiger partial charge in [-0.15, -0.1) is 0 Å². The number of nitrogens with zero attached hydrogens (tertiary/aromatic N) is 1. The molecule has 0 radical (unpaired) electrons. The van der Waals surface area contributed by atoms with E-state index in [9.17, 15) is 4.79 Å². The highest BCUT2D eigenvalue weighted by Gasteiger charge is 2.38. The summed E-state index contributed by atoms with van der Waals surface area (Å²) < 4.78 is 3.19. The number of carbonyl (C=O) groups excluding carboxylic acids is 1. The number of halogens is 1. The summed E-state index contributed by atoms with van der Waals surface area (Å²) in [6, 6.07) is 12.3. The molecule has 1 aromatic carbocycles. The molecule has 0 aliphatic carbocycles. The lowest BCUT2D eigenvalue weighted by Crippen LogP contribution is -3.15. The highest BCUT2D eigenvalue weighted by atomic mass is 79.9. The van der Waals surface area contributed by atoms with E-state index in [1.165, 1.54) is 17.0 Å². The van der Waals surface area contributed by atoms with Gasteiger partial charge in [-0.2, -0.15) is 0 Å². The lowest BCUT2D eigenvalue weighted by Gasteiger charge is -2.27. The zero-order chi connectivity index (χ0) is 16.4. The van der Waals surface area contributed by atoms with Crippen molar-refractivity contribution in [3.8, 4) is 0 Å². The summed E-state index contributed by atoms with van der Waals surface area (Å²) >= 11 is 3.41. The molecule has 0 spiro atoms. The summed E-state index contributed by atoms with van der Waals surface area (Å²) in [6.45, 7) is 3.08. The topological polar surface area (TPSA) is 38.5 Å². The Morgan fingerprint density at radius 3 is 2.74 bits per heavy atom. The van der Waals surface area contributed by atoms with Crippen LogP contribution in [0.4, 0.5) is 5.69 Å². The second-order valence-electron chi connectivity index (χ2n) is 6.28. The van der Waals surface area contributed by atoms with Gasteiger partial charge in [0.15, 0.2) is 6.04 Å². The number of hydrogen-bond donors (Lipinski definition) is 2. The zero-order valence-corrected chi connectivity index (χ0v) is 15.1. The summed E-state index contributed by atoms with van der Waals surface area (Å²) in [4.78, 5) is 14.0. The van der Waals surface area contributed by atoms with E-state index >= 15 is 0 Å². The molecular formula is C18H23BrN3O+. The number of aryl methyl sites for hydroxylation is 1. The van der Waals surface area contributed by atoms with Crippen LogP contribution < -0.4 is 10.2 Å². The van der Waals surface area contributed by atoms with Crippen molar-refractivity contribution >= 4 is 27.5 Å². The van der Waals surface area contributed by atoms with E-state index in [2.05, 4.69) is 51.2 Å². The number of rotatable bonds is 4. The number of hydrogen-bond acceptors (Lipinski definition) is 1. The first-order valence-electron chi connectivity index (χ1n) is 8.09. The van der Waals surface area contributed by atoms with E-state index in [1.54, 1.807) is 0 Å². The van der Waals surface area contributed by atoms with Gasteiger partial charge in [0.25, 0.3) is 5.91 Å². The lowest BCUT2D eigenvalue weighted by atomic mass is 10.1. The third-order valence-corrected chi connectivity index (χ3v) is 5.34. The molecule has 3 rings (SSSR count). The number of amides is 1. The smallest absolute Gasteiger partial charge is 0.282 e. The van der Waals surface area contributed by atoms with Crippen LogP contribution >= 0.6 is 15.9 Å². The molecule has 5 heteroatoms. The maximum atomic E-state index is 12.6.